The second-order valence-corrected chi connectivity index (χ2v) is 8.45. The van der Waals surface area contributed by atoms with Crippen molar-refractivity contribution in [3.63, 3.8) is 0 Å². The summed E-state index contributed by atoms with van der Waals surface area (Å²) in [6.45, 7) is -1.53. The zero-order valence-corrected chi connectivity index (χ0v) is 19.0. The minimum Gasteiger partial charge on any atom is -0.377 e. The molecule has 184 valence electrons. The van der Waals surface area contributed by atoms with E-state index in [0.717, 1.165) is 18.2 Å². The number of nitrogens with one attached hydrogen (secondary N) is 2. The normalized spacial score (nSPS) is 18.4. The van der Waals surface area contributed by atoms with Crippen molar-refractivity contribution in [1.29, 1.82) is 0 Å². The molecule has 1 aliphatic rings. The summed E-state index contributed by atoms with van der Waals surface area (Å²) in [6, 6.07) is 7.26. The molecule has 0 saturated heterocycles. The molecule has 0 fully saturated rings. The van der Waals surface area contributed by atoms with E-state index in [9.17, 15) is 31.1 Å². The maximum atomic E-state index is 14.2. The van der Waals surface area contributed by atoms with Crippen molar-refractivity contribution in [3.05, 3.63) is 69.2 Å². The van der Waals surface area contributed by atoms with Crippen LogP contribution in [0, 0.1) is 0 Å². The number of benzene rings is 2. The number of halogens is 8. The van der Waals surface area contributed by atoms with E-state index in [1.165, 1.54) is 43.3 Å². The molecule has 1 amide bonds. The molecule has 0 aliphatic carbocycles. The van der Waals surface area contributed by atoms with Crippen LogP contribution in [0.5, 0.6) is 0 Å². The van der Waals surface area contributed by atoms with E-state index in [0.29, 0.717) is 0 Å². The summed E-state index contributed by atoms with van der Waals surface area (Å²) in [6.07, 6.45) is -8.72. The topological polar surface area (TPSA) is 53.6 Å². The van der Waals surface area contributed by atoms with Gasteiger partial charge in [-0.25, -0.2) is 0 Å². The Morgan fingerprint density at radius 2 is 1.68 bits per heavy atom. The molecule has 5 nitrogen and oxygen atoms in total. The first-order valence-electron chi connectivity index (χ1n) is 9.50. The fourth-order valence-electron chi connectivity index (χ4n) is 3.29. The van der Waals surface area contributed by atoms with Gasteiger partial charge in [-0.1, -0.05) is 29.3 Å². The van der Waals surface area contributed by atoms with Crippen LogP contribution in [0.1, 0.15) is 21.5 Å². The van der Waals surface area contributed by atoms with Crippen molar-refractivity contribution in [2.75, 3.05) is 25.5 Å². The van der Waals surface area contributed by atoms with E-state index < -0.39 is 30.4 Å². The highest BCUT2D eigenvalue weighted by Gasteiger charge is 2.59. The van der Waals surface area contributed by atoms with Gasteiger partial charge < -0.3 is 10.2 Å². The molecular weight excluding hydrogens is 511 g/mol. The third-order valence-corrected chi connectivity index (χ3v) is 5.30. The molecule has 2 N–H and O–H groups in total. The summed E-state index contributed by atoms with van der Waals surface area (Å²) in [5, 5.41) is 1.71. The molecule has 0 aromatic heterocycles. The number of alkyl halides is 6. The maximum absolute atomic E-state index is 14.2. The summed E-state index contributed by atoms with van der Waals surface area (Å²) < 4.78 is 79.9. The number of nitrogens with zero attached hydrogens (tertiary/aromatic N) is 1. The highest BCUT2D eigenvalue weighted by molar-refractivity contribution is 6.34. The van der Waals surface area contributed by atoms with Crippen molar-refractivity contribution in [3.8, 4) is 0 Å². The van der Waals surface area contributed by atoms with Gasteiger partial charge in [-0.05, 0) is 36.4 Å². The van der Waals surface area contributed by atoms with Crippen molar-refractivity contribution in [2.45, 2.75) is 18.0 Å². The van der Waals surface area contributed by atoms with Gasteiger partial charge in [-0.2, -0.15) is 26.3 Å². The lowest BCUT2D eigenvalue weighted by Crippen LogP contribution is -2.42. The van der Waals surface area contributed by atoms with Gasteiger partial charge in [0.1, 0.15) is 6.54 Å². The van der Waals surface area contributed by atoms with Crippen LogP contribution in [0.25, 0.3) is 5.70 Å². The van der Waals surface area contributed by atoms with Gasteiger partial charge in [0.05, 0.1) is 11.3 Å². The van der Waals surface area contributed by atoms with E-state index in [-0.39, 0.29) is 38.1 Å². The Hall–Kier alpha value is -2.63. The second kappa shape index (κ2) is 9.20. The number of rotatable bonds is 5. The van der Waals surface area contributed by atoms with Gasteiger partial charge in [-0.15, -0.1) is 0 Å². The number of hydrogen-bond donors (Lipinski definition) is 2. The molecule has 1 aliphatic heterocycles. The molecule has 0 bridgehead atoms. The largest absolute Gasteiger partial charge is 0.428 e. The minimum absolute atomic E-state index is 0.0271. The highest BCUT2D eigenvalue weighted by Crippen LogP contribution is 2.48. The third-order valence-electron chi connectivity index (χ3n) is 4.87. The SMILES string of the molecule is CN(C)c1cc(C2=CC(c3cc(Cl)cc(Cl)c3)(C(F)(F)F)ON2)ccc1C(=O)NCC(F)(F)F. The highest BCUT2D eigenvalue weighted by atomic mass is 35.5. The van der Waals surface area contributed by atoms with Crippen molar-refractivity contribution in [2.24, 2.45) is 0 Å². The molecule has 3 rings (SSSR count). The quantitative estimate of drug-likeness (QED) is 0.491. The fraction of sp³-hybridized carbons (Fsp3) is 0.286. The smallest absolute Gasteiger partial charge is 0.377 e. The summed E-state index contributed by atoms with van der Waals surface area (Å²) in [5.74, 6) is -0.990. The van der Waals surface area contributed by atoms with Crippen LogP contribution in [0.2, 0.25) is 10.0 Å². The van der Waals surface area contributed by atoms with E-state index in [1.54, 1.807) is 5.32 Å². The van der Waals surface area contributed by atoms with Crippen molar-refractivity contribution < 1.29 is 36.0 Å². The Morgan fingerprint density at radius 1 is 1.06 bits per heavy atom. The molecule has 2 aromatic rings. The fourth-order valence-corrected chi connectivity index (χ4v) is 3.82. The molecule has 13 heteroatoms. The Morgan fingerprint density at radius 3 is 2.21 bits per heavy atom. The number of hydrogen-bond acceptors (Lipinski definition) is 4. The number of carbonyl (C=O) groups excluding carboxylic acids is 1. The Labute approximate surface area is 200 Å². The number of anilines is 1. The lowest BCUT2D eigenvalue weighted by molar-refractivity contribution is -0.269. The van der Waals surface area contributed by atoms with Crippen LogP contribution < -0.4 is 15.7 Å². The first-order chi connectivity index (χ1) is 15.6. The minimum atomic E-state index is -4.92. The molecule has 0 saturated carbocycles. The van der Waals surface area contributed by atoms with Gasteiger partial charge in [0.25, 0.3) is 5.91 Å². The molecule has 0 radical (unpaired) electrons. The summed E-state index contributed by atoms with van der Waals surface area (Å²) >= 11 is 11.8. The average molecular weight is 528 g/mol. The zero-order valence-electron chi connectivity index (χ0n) is 17.5. The van der Waals surface area contributed by atoms with E-state index in [4.69, 9.17) is 28.0 Å². The number of carbonyl (C=O) groups is 1. The van der Waals surface area contributed by atoms with Crippen LogP contribution in [0.3, 0.4) is 0 Å². The number of hydroxylamine groups is 1. The van der Waals surface area contributed by atoms with Gasteiger partial charge in [0.15, 0.2) is 0 Å². The predicted octanol–water partition coefficient (Wildman–Crippen LogP) is 5.69. The molecule has 2 aromatic carbocycles. The van der Waals surface area contributed by atoms with Crippen LogP contribution in [0.15, 0.2) is 42.5 Å². The number of amides is 1. The monoisotopic (exact) mass is 527 g/mol. The van der Waals surface area contributed by atoms with Gasteiger partial charge in [0, 0.05) is 41.0 Å². The Kier molecular flexibility index (Phi) is 7.03. The van der Waals surface area contributed by atoms with Gasteiger partial charge in [-0.3, -0.25) is 15.1 Å². The average Bonchev–Trinajstić information content (AvgIpc) is 3.17. The Bertz CT molecular complexity index is 1110. The zero-order chi connectivity index (χ0) is 25.5. The van der Waals surface area contributed by atoms with Crippen LogP contribution in [-0.2, 0) is 10.4 Å². The van der Waals surface area contributed by atoms with E-state index in [1.807, 2.05) is 0 Å². The van der Waals surface area contributed by atoms with Crippen molar-refractivity contribution >= 4 is 40.5 Å². The van der Waals surface area contributed by atoms with Crippen LogP contribution in [0.4, 0.5) is 32.0 Å². The first-order valence-corrected chi connectivity index (χ1v) is 10.3. The van der Waals surface area contributed by atoms with E-state index in [2.05, 4.69) is 5.48 Å². The lowest BCUT2D eigenvalue weighted by Gasteiger charge is -2.28. The molecule has 1 atom stereocenters. The standard InChI is InChI=1S/C21H17Cl2F6N3O2/c1-32(2)17-5-11(3-4-15(17)18(33)30-10-20(24,25)26)16-9-19(34-31-16,21(27,28)29)12-6-13(22)8-14(23)7-12/h3-9,31H,10H2,1-2H3,(H,30,33). The summed E-state index contributed by atoms with van der Waals surface area (Å²) in [4.78, 5) is 18.7. The molecule has 0 spiro atoms. The lowest BCUT2D eigenvalue weighted by atomic mass is 9.91. The first kappa shape index (κ1) is 26.0. The maximum Gasteiger partial charge on any atom is 0.428 e. The summed E-state index contributed by atoms with van der Waals surface area (Å²) in [5.41, 5.74) is -0.843. The predicted molar refractivity (Wildman–Crippen MR) is 116 cm³/mol. The van der Waals surface area contributed by atoms with Crippen molar-refractivity contribution in [1.82, 2.24) is 10.8 Å². The Balaban J connectivity index is 2.04. The van der Waals surface area contributed by atoms with E-state index >= 15 is 0 Å². The van der Waals surface area contributed by atoms with Crippen LogP contribution >= 0.6 is 23.2 Å². The molecular formula is C21H17Cl2F6N3O2. The second-order valence-electron chi connectivity index (χ2n) is 7.58. The molecule has 1 heterocycles. The van der Waals surface area contributed by atoms with Gasteiger partial charge in [0.2, 0.25) is 5.60 Å². The summed E-state index contributed by atoms with van der Waals surface area (Å²) in [7, 11) is 3.06. The van der Waals surface area contributed by atoms with Gasteiger partial charge >= 0.3 is 12.4 Å². The molecule has 1 unspecified atom stereocenters. The molecule has 34 heavy (non-hydrogen) atoms. The van der Waals surface area contributed by atoms with Crippen LogP contribution in [-0.4, -0.2) is 38.9 Å². The third kappa shape index (κ3) is 5.37.